The molecule has 19 heavy (non-hydrogen) atoms. The number of hydrogen-bond donors (Lipinski definition) is 1. The van der Waals surface area contributed by atoms with Crippen molar-refractivity contribution in [1.29, 1.82) is 0 Å². The van der Waals surface area contributed by atoms with Crippen LogP contribution in [0.25, 0.3) is 11.6 Å². The molecule has 2 aromatic rings. The van der Waals surface area contributed by atoms with Crippen molar-refractivity contribution < 1.29 is 4.42 Å². The van der Waals surface area contributed by atoms with Gasteiger partial charge in [-0.2, -0.15) is 0 Å². The number of rotatable bonds is 4. The van der Waals surface area contributed by atoms with E-state index in [9.17, 15) is 0 Å². The minimum absolute atomic E-state index is 0.587. The van der Waals surface area contributed by atoms with Gasteiger partial charge < -0.3 is 9.73 Å². The van der Waals surface area contributed by atoms with Crippen LogP contribution in [-0.2, 0) is 0 Å². The standard InChI is InChI=1S/C13H13BrIN3O/c1-2-16-13-10(15)11(7-3-4-7)17-12(18-13)8-5-6-9(14)19-8/h5-7H,2-4H2,1H3,(H,16,17,18). The van der Waals surface area contributed by atoms with Crippen LogP contribution in [0, 0.1) is 3.57 Å². The Morgan fingerprint density at radius 2 is 2.21 bits per heavy atom. The maximum atomic E-state index is 5.56. The van der Waals surface area contributed by atoms with Gasteiger partial charge >= 0.3 is 0 Å². The Morgan fingerprint density at radius 3 is 2.79 bits per heavy atom. The molecule has 0 radical (unpaired) electrons. The molecule has 1 aliphatic carbocycles. The number of hydrogen-bond acceptors (Lipinski definition) is 4. The summed E-state index contributed by atoms with van der Waals surface area (Å²) in [5.74, 6) is 2.85. The summed E-state index contributed by atoms with van der Waals surface area (Å²) in [5, 5.41) is 3.30. The maximum Gasteiger partial charge on any atom is 0.197 e. The summed E-state index contributed by atoms with van der Waals surface area (Å²) in [4.78, 5) is 9.26. The van der Waals surface area contributed by atoms with Gasteiger partial charge in [0, 0.05) is 12.5 Å². The predicted molar refractivity (Wildman–Crippen MR) is 86.3 cm³/mol. The highest BCUT2D eigenvalue weighted by atomic mass is 127. The highest BCUT2D eigenvalue weighted by molar-refractivity contribution is 14.1. The first-order valence-corrected chi connectivity index (χ1v) is 8.13. The van der Waals surface area contributed by atoms with Crippen molar-refractivity contribution in [1.82, 2.24) is 9.97 Å². The Hall–Kier alpha value is -0.630. The summed E-state index contributed by atoms with van der Waals surface area (Å²) in [7, 11) is 0. The van der Waals surface area contributed by atoms with Gasteiger partial charge in [-0.1, -0.05) is 0 Å². The van der Waals surface area contributed by atoms with Crippen molar-refractivity contribution in [3.8, 4) is 11.6 Å². The molecule has 0 spiro atoms. The second-order valence-electron chi connectivity index (χ2n) is 4.50. The van der Waals surface area contributed by atoms with Crippen LogP contribution in [0.2, 0.25) is 0 Å². The lowest BCUT2D eigenvalue weighted by Gasteiger charge is -2.10. The fraction of sp³-hybridized carbons (Fsp3) is 0.385. The molecule has 1 saturated carbocycles. The van der Waals surface area contributed by atoms with Crippen LogP contribution >= 0.6 is 38.5 Å². The molecule has 0 bridgehead atoms. The molecular formula is C13H13BrIN3O. The van der Waals surface area contributed by atoms with Gasteiger partial charge in [0.1, 0.15) is 5.82 Å². The van der Waals surface area contributed by atoms with E-state index in [0.29, 0.717) is 22.2 Å². The average molecular weight is 434 g/mol. The molecule has 2 aromatic heterocycles. The molecule has 0 aliphatic heterocycles. The Bertz CT molecular complexity index is 610. The van der Waals surface area contributed by atoms with Gasteiger partial charge in [-0.05, 0) is 70.4 Å². The molecule has 1 fully saturated rings. The van der Waals surface area contributed by atoms with Gasteiger partial charge in [-0.15, -0.1) is 0 Å². The van der Waals surface area contributed by atoms with E-state index in [-0.39, 0.29) is 0 Å². The second kappa shape index (κ2) is 5.40. The lowest BCUT2D eigenvalue weighted by molar-refractivity contribution is 0.551. The molecule has 0 unspecified atom stereocenters. The summed E-state index contributed by atoms with van der Waals surface area (Å²) in [6.45, 7) is 2.91. The fourth-order valence-electron chi connectivity index (χ4n) is 1.92. The van der Waals surface area contributed by atoms with Crippen LogP contribution < -0.4 is 5.32 Å². The maximum absolute atomic E-state index is 5.56. The Labute approximate surface area is 133 Å². The summed E-state index contributed by atoms with van der Waals surface area (Å²) in [6, 6.07) is 3.75. The SMILES string of the molecule is CCNc1nc(-c2ccc(Br)o2)nc(C2CC2)c1I. The van der Waals surface area contributed by atoms with E-state index in [1.54, 1.807) is 0 Å². The van der Waals surface area contributed by atoms with Gasteiger partial charge in [0.2, 0.25) is 0 Å². The molecule has 0 saturated heterocycles. The summed E-state index contributed by atoms with van der Waals surface area (Å²) in [6.07, 6.45) is 2.44. The van der Waals surface area contributed by atoms with Crippen molar-refractivity contribution >= 4 is 44.3 Å². The molecule has 1 N–H and O–H groups in total. The predicted octanol–water partition coefficient (Wildman–Crippen LogP) is 4.41. The quantitative estimate of drug-likeness (QED) is 0.725. The van der Waals surface area contributed by atoms with Crippen LogP contribution in [0.4, 0.5) is 5.82 Å². The van der Waals surface area contributed by atoms with Gasteiger partial charge in [-0.25, -0.2) is 9.97 Å². The molecule has 1 aliphatic rings. The molecule has 4 nitrogen and oxygen atoms in total. The third kappa shape index (κ3) is 2.79. The minimum Gasteiger partial charge on any atom is -0.446 e. The number of anilines is 1. The van der Waals surface area contributed by atoms with Gasteiger partial charge in [0.15, 0.2) is 16.3 Å². The Balaban J connectivity index is 2.08. The van der Waals surface area contributed by atoms with Crippen molar-refractivity contribution in [2.24, 2.45) is 0 Å². The number of furan rings is 1. The summed E-state index contributed by atoms with van der Waals surface area (Å²) < 4.78 is 7.39. The highest BCUT2D eigenvalue weighted by Crippen LogP contribution is 2.43. The summed E-state index contributed by atoms with van der Waals surface area (Å²) in [5.41, 5.74) is 1.15. The van der Waals surface area contributed by atoms with E-state index in [1.807, 2.05) is 12.1 Å². The topological polar surface area (TPSA) is 51.0 Å². The molecule has 6 heteroatoms. The molecular weight excluding hydrogens is 421 g/mol. The number of aromatic nitrogens is 2. The first-order chi connectivity index (χ1) is 9.19. The smallest absolute Gasteiger partial charge is 0.197 e. The first-order valence-electron chi connectivity index (χ1n) is 6.26. The zero-order valence-corrected chi connectivity index (χ0v) is 14.2. The summed E-state index contributed by atoms with van der Waals surface area (Å²) >= 11 is 5.65. The Morgan fingerprint density at radius 1 is 1.42 bits per heavy atom. The van der Waals surface area contributed by atoms with Crippen LogP contribution in [-0.4, -0.2) is 16.5 Å². The van der Waals surface area contributed by atoms with Crippen LogP contribution in [0.3, 0.4) is 0 Å². The lowest BCUT2D eigenvalue weighted by atomic mass is 10.2. The van der Waals surface area contributed by atoms with Crippen molar-refractivity contribution in [3.63, 3.8) is 0 Å². The minimum atomic E-state index is 0.587. The zero-order chi connectivity index (χ0) is 13.4. The molecule has 0 amide bonds. The van der Waals surface area contributed by atoms with Gasteiger partial charge in [0.05, 0.1) is 9.26 Å². The zero-order valence-electron chi connectivity index (χ0n) is 10.4. The molecule has 2 heterocycles. The second-order valence-corrected chi connectivity index (χ2v) is 6.36. The molecule has 3 rings (SSSR count). The van der Waals surface area contributed by atoms with Crippen molar-refractivity contribution in [2.45, 2.75) is 25.7 Å². The molecule has 0 atom stereocenters. The third-order valence-electron chi connectivity index (χ3n) is 2.98. The normalized spacial score (nSPS) is 14.7. The van der Waals surface area contributed by atoms with E-state index < -0.39 is 0 Å². The van der Waals surface area contributed by atoms with E-state index in [1.165, 1.54) is 12.8 Å². The van der Waals surface area contributed by atoms with Crippen LogP contribution in [0.15, 0.2) is 21.2 Å². The highest BCUT2D eigenvalue weighted by Gasteiger charge is 2.29. The number of nitrogens with zero attached hydrogens (tertiary/aromatic N) is 2. The molecule has 100 valence electrons. The first kappa shape index (κ1) is 13.4. The number of nitrogens with one attached hydrogen (secondary N) is 1. The van der Waals surface area contributed by atoms with E-state index >= 15 is 0 Å². The largest absolute Gasteiger partial charge is 0.446 e. The van der Waals surface area contributed by atoms with Crippen molar-refractivity contribution in [2.75, 3.05) is 11.9 Å². The van der Waals surface area contributed by atoms with E-state index in [2.05, 4.69) is 60.7 Å². The van der Waals surface area contributed by atoms with E-state index in [0.717, 1.165) is 21.6 Å². The van der Waals surface area contributed by atoms with Gasteiger partial charge in [0.25, 0.3) is 0 Å². The monoisotopic (exact) mass is 433 g/mol. The third-order valence-corrected chi connectivity index (χ3v) is 4.47. The van der Waals surface area contributed by atoms with Gasteiger partial charge in [-0.3, -0.25) is 0 Å². The average Bonchev–Trinajstić information content (AvgIpc) is 3.14. The van der Waals surface area contributed by atoms with E-state index in [4.69, 9.17) is 4.42 Å². The van der Waals surface area contributed by atoms with Crippen LogP contribution in [0.5, 0.6) is 0 Å². The van der Waals surface area contributed by atoms with Crippen LogP contribution in [0.1, 0.15) is 31.4 Å². The Kier molecular flexibility index (Phi) is 3.79. The molecule has 0 aromatic carbocycles. The number of halogens is 2. The fourth-order valence-corrected chi connectivity index (χ4v) is 3.10. The lowest BCUT2D eigenvalue weighted by Crippen LogP contribution is -2.07. The van der Waals surface area contributed by atoms with Crippen molar-refractivity contribution in [3.05, 3.63) is 26.1 Å².